The van der Waals surface area contributed by atoms with E-state index in [1.165, 1.54) is 12.1 Å². The number of nitrogens with one attached hydrogen (secondary N) is 2. The van der Waals surface area contributed by atoms with Crippen LogP contribution in [0.5, 0.6) is 0 Å². The predicted molar refractivity (Wildman–Crippen MR) is 70.9 cm³/mol. The van der Waals surface area contributed by atoms with Crippen LogP contribution >= 0.6 is 0 Å². The van der Waals surface area contributed by atoms with Gasteiger partial charge in [0.2, 0.25) is 0 Å². The van der Waals surface area contributed by atoms with Gasteiger partial charge in [-0.1, -0.05) is 31.9 Å². The lowest BCUT2D eigenvalue weighted by atomic mass is 10.0. The molecule has 2 N–H and O–H groups in total. The van der Waals surface area contributed by atoms with E-state index in [1.807, 2.05) is 18.3 Å². The maximum atomic E-state index is 12.9. The number of hydrogen-bond donors (Lipinski definition) is 2. The summed E-state index contributed by atoms with van der Waals surface area (Å²) in [6.07, 6.45) is 6.87. The molecule has 18 heavy (non-hydrogen) atoms. The summed E-state index contributed by atoms with van der Waals surface area (Å²) in [7, 11) is 0. The molecule has 0 aliphatic rings. The molecule has 1 heterocycles. The topological polar surface area (TPSA) is 40.7 Å². The van der Waals surface area contributed by atoms with Gasteiger partial charge in [0.25, 0.3) is 0 Å². The van der Waals surface area contributed by atoms with Crippen molar-refractivity contribution in [2.45, 2.75) is 32.2 Å². The van der Waals surface area contributed by atoms with Crippen molar-refractivity contribution in [3.63, 3.8) is 0 Å². The third-order valence-electron chi connectivity index (χ3n) is 2.96. The van der Waals surface area contributed by atoms with Crippen LogP contribution in [0.25, 0.3) is 0 Å². The van der Waals surface area contributed by atoms with Crippen LogP contribution in [0, 0.1) is 5.82 Å². The van der Waals surface area contributed by atoms with Crippen molar-refractivity contribution in [3.05, 3.63) is 48.0 Å². The fourth-order valence-electron chi connectivity index (χ4n) is 1.96. The zero-order valence-electron chi connectivity index (χ0n) is 10.5. The van der Waals surface area contributed by atoms with Crippen LogP contribution in [0.15, 0.2) is 36.7 Å². The second-order valence-corrected chi connectivity index (χ2v) is 4.38. The summed E-state index contributed by atoms with van der Waals surface area (Å²) in [4.78, 5) is 0. The first-order valence-corrected chi connectivity index (χ1v) is 6.30. The SMILES string of the molecule is CCCCC(Nc1cn[nH]c1)c1ccc(F)cc1. The second-order valence-electron chi connectivity index (χ2n) is 4.38. The average Bonchev–Trinajstić information content (AvgIpc) is 2.88. The highest BCUT2D eigenvalue weighted by molar-refractivity contribution is 5.41. The lowest BCUT2D eigenvalue weighted by Gasteiger charge is -2.19. The molecule has 0 aliphatic carbocycles. The molecule has 4 heteroatoms. The van der Waals surface area contributed by atoms with Gasteiger partial charge in [-0.25, -0.2) is 4.39 Å². The van der Waals surface area contributed by atoms with Crippen molar-refractivity contribution in [1.82, 2.24) is 10.2 Å². The molecule has 1 unspecified atom stereocenters. The molecular formula is C14H18FN3. The first-order valence-electron chi connectivity index (χ1n) is 6.30. The van der Waals surface area contributed by atoms with Crippen molar-refractivity contribution < 1.29 is 4.39 Å². The van der Waals surface area contributed by atoms with Crippen LogP contribution in [0.4, 0.5) is 10.1 Å². The van der Waals surface area contributed by atoms with Gasteiger partial charge in [0.1, 0.15) is 5.82 Å². The Kier molecular flexibility index (Phi) is 4.34. The molecule has 0 amide bonds. The Hall–Kier alpha value is -1.84. The smallest absolute Gasteiger partial charge is 0.123 e. The number of unbranched alkanes of at least 4 members (excludes halogenated alkanes) is 1. The summed E-state index contributed by atoms with van der Waals surface area (Å²) in [6, 6.07) is 6.88. The van der Waals surface area contributed by atoms with Crippen molar-refractivity contribution in [2.75, 3.05) is 5.32 Å². The Morgan fingerprint density at radius 1 is 1.33 bits per heavy atom. The van der Waals surface area contributed by atoms with E-state index in [9.17, 15) is 4.39 Å². The highest BCUT2D eigenvalue weighted by Gasteiger charge is 2.11. The number of H-pyrrole nitrogens is 1. The number of rotatable bonds is 6. The molecule has 0 saturated carbocycles. The monoisotopic (exact) mass is 247 g/mol. The van der Waals surface area contributed by atoms with E-state index >= 15 is 0 Å². The number of anilines is 1. The van der Waals surface area contributed by atoms with Gasteiger partial charge in [-0.15, -0.1) is 0 Å². The summed E-state index contributed by atoms with van der Waals surface area (Å²) in [5, 5.41) is 10.1. The van der Waals surface area contributed by atoms with E-state index in [1.54, 1.807) is 6.20 Å². The number of hydrogen-bond acceptors (Lipinski definition) is 2. The predicted octanol–water partition coefficient (Wildman–Crippen LogP) is 3.89. The van der Waals surface area contributed by atoms with E-state index in [2.05, 4.69) is 22.4 Å². The maximum Gasteiger partial charge on any atom is 0.123 e. The van der Waals surface area contributed by atoms with E-state index < -0.39 is 0 Å². The molecule has 1 aromatic carbocycles. The molecule has 1 aromatic heterocycles. The molecule has 2 rings (SSSR count). The number of nitrogens with zero attached hydrogens (tertiary/aromatic N) is 1. The summed E-state index contributed by atoms with van der Waals surface area (Å²) >= 11 is 0. The fourth-order valence-corrected chi connectivity index (χ4v) is 1.96. The van der Waals surface area contributed by atoms with E-state index in [0.29, 0.717) is 0 Å². The van der Waals surface area contributed by atoms with E-state index in [4.69, 9.17) is 0 Å². The average molecular weight is 247 g/mol. The van der Waals surface area contributed by atoms with Gasteiger partial charge in [-0.2, -0.15) is 5.10 Å². The van der Waals surface area contributed by atoms with Gasteiger partial charge >= 0.3 is 0 Å². The zero-order chi connectivity index (χ0) is 12.8. The van der Waals surface area contributed by atoms with E-state index in [0.717, 1.165) is 30.5 Å². The fraction of sp³-hybridized carbons (Fsp3) is 0.357. The van der Waals surface area contributed by atoms with E-state index in [-0.39, 0.29) is 11.9 Å². The summed E-state index contributed by atoms with van der Waals surface area (Å²) in [5.41, 5.74) is 2.06. The van der Waals surface area contributed by atoms with Gasteiger partial charge < -0.3 is 5.32 Å². The van der Waals surface area contributed by atoms with Gasteiger partial charge in [0, 0.05) is 6.20 Å². The zero-order valence-corrected chi connectivity index (χ0v) is 10.5. The van der Waals surface area contributed by atoms with Crippen molar-refractivity contribution in [1.29, 1.82) is 0 Å². The first kappa shape index (κ1) is 12.6. The minimum absolute atomic E-state index is 0.197. The minimum atomic E-state index is -0.198. The molecule has 1 atom stereocenters. The molecule has 0 fully saturated rings. The molecule has 96 valence electrons. The van der Waals surface area contributed by atoms with Crippen LogP contribution in [0.3, 0.4) is 0 Å². The molecule has 0 spiro atoms. The van der Waals surface area contributed by atoms with Crippen molar-refractivity contribution in [2.24, 2.45) is 0 Å². The second kappa shape index (κ2) is 6.19. The van der Waals surface area contributed by atoms with Crippen LogP contribution < -0.4 is 5.32 Å². The van der Waals surface area contributed by atoms with Crippen molar-refractivity contribution >= 4 is 5.69 Å². The van der Waals surface area contributed by atoms with Crippen molar-refractivity contribution in [3.8, 4) is 0 Å². The summed E-state index contributed by atoms with van der Waals surface area (Å²) < 4.78 is 12.9. The van der Waals surface area contributed by atoms with Crippen LogP contribution in [0.1, 0.15) is 37.8 Å². The number of benzene rings is 1. The normalized spacial score (nSPS) is 12.3. The van der Waals surface area contributed by atoms with Gasteiger partial charge in [0.05, 0.1) is 17.9 Å². The molecule has 0 aliphatic heterocycles. The quantitative estimate of drug-likeness (QED) is 0.813. The highest BCUT2D eigenvalue weighted by Crippen LogP contribution is 2.24. The number of halogens is 1. The minimum Gasteiger partial charge on any atom is -0.376 e. The molecular weight excluding hydrogens is 229 g/mol. The Bertz CT molecular complexity index is 450. The maximum absolute atomic E-state index is 12.9. The van der Waals surface area contributed by atoms with Gasteiger partial charge in [-0.05, 0) is 24.1 Å². The Morgan fingerprint density at radius 3 is 2.72 bits per heavy atom. The Balaban J connectivity index is 2.11. The molecule has 0 saturated heterocycles. The van der Waals surface area contributed by atoms with Crippen LogP contribution in [0.2, 0.25) is 0 Å². The first-order chi connectivity index (χ1) is 8.79. The Labute approximate surface area is 106 Å². The van der Waals surface area contributed by atoms with Gasteiger partial charge in [-0.3, -0.25) is 5.10 Å². The van der Waals surface area contributed by atoms with Crippen LogP contribution in [-0.2, 0) is 0 Å². The molecule has 0 radical (unpaired) electrons. The standard InChI is InChI=1S/C14H18FN3/c1-2-3-4-14(18-13-9-16-17-10-13)11-5-7-12(15)8-6-11/h5-10,14,18H,2-4H2,1H3,(H,16,17). The molecule has 0 bridgehead atoms. The van der Waals surface area contributed by atoms with Gasteiger partial charge in [0.15, 0.2) is 0 Å². The summed E-state index contributed by atoms with van der Waals surface area (Å²) in [5.74, 6) is -0.198. The highest BCUT2D eigenvalue weighted by atomic mass is 19.1. The lowest BCUT2D eigenvalue weighted by molar-refractivity contribution is 0.616. The molecule has 2 aromatic rings. The largest absolute Gasteiger partial charge is 0.376 e. The Morgan fingerprint density at radius 2 is 2.11 bits per heavy atom. The summed E-state index contributed by atoms with van der Waals surface area (Å²) in [6.45, 7) is 2.17. The van der Waals surface area contributed by atoms with Crippen LogP contribution in [-0.4, -0.2) is 10.2 Å². The number of aromatic nitrogens is 2. The third-order valence-corrected chi connectivity index (χ3v) is 2.96. The lowest BCUT2D eigenvalue weighted by Crippen LogP contribution is -2.10. The third kappa shape index (κ3) is 3.32. The molecule has 3 nitrogen and oxygen atoms in total. The number of aromatic amines is 1.